The van der Waals surface area contributed by atoms with Gasteiger partial charge in [0.25, 0.3) is 5.91 Å². The Labute approximate surface area is 165 Å². The zero-order valence-electron chi connectivity index (χ0n) is 14.9. The molecule has 2 aromatic rings. The molecule has 1 saturated heterocycles. The molecule has 0 aromatic heterocycles. The first-order valence-electron chi connectivity index (χ1n) is 8.50. The number of hydroxylamine groups is 2. The average Bonchev–Trinajstić information content (AvgIpc) is 2.99. The Hall–Kier alpha value is -2.63. The minimum atomic E-state index is -4.88. The Morgan fingerprint density at radius 2 is 1.72 bits per heavy atom. The quantitative estimate of drug-likeness (QED) is 0.730. The van der Waals surface area contributed by atoms with E-state index in [4.69, 9.17) is 4.84 Å². The number of halogens is 3. The number of carbonyl (C=O) groups is 1. The number of amides is 1. The molecule has 1 aliphatic rings. The summed E-state index contributed by atoms with van der Waals surface area (Å²) in [6, 6.07) is 11.8. The molecule has 0 saturated carbocycles. The number of hydrogen-bond acceptors (Lipinski definition) is 5. The van der Waals surface area contributed by atoms with Crippen molar-refractivity contribution in [1.82, 2.24) is 9.79 Å². The largest absolute Gasteiger partial charge is 0.573 e. The zero-order chi connectivity index (χ0) is 21.1. The number of benzene rings is 2. The summed E-state index contributed by atoms with van der Waals surface area (Å²) >= 11 is 0. The minimum absolute atomic E-state index is 0.159. The van der Waals surface area contributed by atoms with E-state index in [1.165, 1.54) is 0 Å². The number of nitrogens with zero attached hydrogens (tertiary/aromatic N) is 1. The molecular weight excluding hydrogens is 413 g/mol. The Kier molecular flexibility index (Phi) is 6.10. The van der Waals surface area contributed by atoms with Crippen molar-refractivity contribution >= 4 is 15.9 Å². The summed E-state index contributed by atoms with van der Waals surface area (Å²) in [5, 5.41) is 1.10. The molecule has 0 spiro atoms. The molecule has 1 unspecified atom stereocenters. The van der Waals surface area contributed by atoms with Crippen LogP contribution in [0.15, 0.2) is 59.5 Å². The van der Waals surface area contributed by atoms with Crippen LogP contribution in [0.3, 0.4) is 0 Å². The second kappa shape index (κ2) is 8.39. The van der Waals surface area contributed by atoms with E-state index >= 15 is 0 Å². The molecular formula is C18H17F3N2O5S. The van der Waals surface area contributed by atoms with Gasteiger partial charge >= 0.3 is 6.36 Å². The number of hydrogen-bond donors (Lipinski definition) is 1. The van der Waals surface area contributed by atoms with Gasteiger partial charge < -0.3 is 4.74 Å². The third-order valence-electron chi connectivity index (χ3n) is 4.06. The van der Waals surface area contributed by atoms with Gasteiger partial charge in [-0.05, 0) is 36.2 Å². The van der Waals surface area contributed by atoms with Gasteiger partial charge in [-0.2, -0.15) is 4.72 Å². The van der Waals surface area contributed by atoms with Crippen molar-refractivity contribution in [2.24, 2.45) is 0 Å². The highest BCUT2D eigenvalue weighted by molar-refractivity contribution is 7.89. The molecule has 1 fully saturated rings. The first kappa shape index (κ1) is 21.1. The molecule has 1 amide bonds. The first-order chi connectivity index (χ1) is 13.6. The summed E-state index contributed by atoms with van der Waals surface area (Å²) in [4.78, 5) is 17.5. The lowest BCUT2D eigenvalue weighted by Crippen LogP contribution is -2.41. The normalized spacial score (nSPS) is 17.6. The van der Waals surface area contributed by atoms with E-state index in [0.29, 0.717) is 0 Å². The lowest BCUT2D eigenvalue weighted by molar-refractivity contribution is -0.274. The molecule has 3 rings (SSSR count). The van der Waals surface area contributed by atoms with Crippen LogP contribution < -0.4 is 9.46 Å². The first-order valence-corrected chi connectivity index (χ1v) is 9.99. The molecule has 0 aliphatic carbocycles. The molecule has 11 heteroatoms. The highest BCUT2D eigenvalue weighted by Crippen LogP contribution is 2.24. The van der Waals surface area contributed by atoms with Crippen molar-refractivity contribution in [3.8, 4) is 5.75 Å². The summed E-state index contributed by atoms with van der Waals surface area (Å²) in [6.45, 7) is 0.365. The summed E-state index contributed by atoms with van der Waals surface area (Å²) in [5.74, 6) is -1.09. The van der Waals surface area contributed by atoms with Crippen LogP contribution in [0.2, 0.25) is 0 Å². The van der Waals surface area contributed by atoms with Crippen LogP contribution in [0.5, 0.6) is 5.75 Å². The van der Waals surface area contributed by atoms with Gasteiger partial charge in [-0.15, -0.1) is 13.2 Å². The Morgan fingerprint density at radius 3 is 2.34 bits per heavy atom. The van der Waals surface area contributed by atoms with Crippen LogP contribution in [0.1, 0.15) is 12.0 Å². The molecule has 1 N–H and O–H groups in total. The molecule has 1 atom stereocenters. The van der Waals surface area contributed by atoms with E-state index in [1.54, 1.807) is 0 Å². The standard InChI is InChI=1S/C18H17F3N2O5S/c19-18(20,21)28-14-6-8-15(9-7-14)29(25,26)22-16-10-11-23(17(16)24)27-12-13-4-2-1-3-5-13/h1-9,16,22H,10-12H2. The zero-order valence-corrected chi connectivity index (χ0v) is 15.7. The minimum Gasteiger partial charge on any atom is -0.406 e. The van der Waals surface area contributed by atoms with Crippen LogP contribution in [0.25, 0.3) is 0 Å². The number of rotatable bonds is 7. The fourth-order valence-corrected chi connectivity index (χ4v) is 3.92. The molecule has 7 nitrogen and oxygen atoms in total. The van der Waals surface area contributed by atoms with Crippen LogP contribution in [-0.2, 0) is 26.3 Å². The van der Waals surface area contributed by atoms with Crippen molar-refractivity contribution in [3.05, 3.63) is 60.2 Å². The van der Waals surface area contributed by atoms with Crippen LogP contribution in [0.4, 0.5) is 13.2 Å². The highest BCUT2D eigenvalue weighted by atomic mass is 32.2. The van der Waals surface area contributed by atoms with Crippen molar-refractivity contribution in [2.45, 2.75) is 30.3 Å². The molecule has 156 valence electrons. The number of sulfonamides is 1. The van der Waals surface area contributed by atoms with E-state index in [-0.39, 0.29) is 24.5 Å². The van der Waals surface area contributed by atoms with Crippen molar-refractivity contribution < 1.29 is 36.0 Å². The third kappa shape index (κ3) is 5.68. The maximum atomic E-state index is 12.4. The van der Waals surface area contributed by atoms with E-state index in [1.807, 2.05) is 30.3 Å². The van der Waals surface area contributed by atoms with Gasteiger partial charge in [0.1, 0.15) is 18.4 Å². The third-order valence-corrected chi connectivity index (χ3v) is 5.55. The molecule has 29 heavy (non-hydrogen) atoms. The lowest BCUT2D eigenvalue weighted by atomic mass is 10.2. The molecule has 0 radical (unpaired) electrons. The Bertz CT molecular complexity index is 950. The van der Waals surface area contributed by atoms with E-state index in [0.717, 1.165) is 34.9 Å². The van der Waals surface area contributed by atoms with Crippen LogP contribution >= 0.6 is 0 Å². The predicted molar refractivity (Wildman–Crippen MR) is 94.8 cm³/mol. The number of nitrogens with one attached hydrogen (secondary N) is 1. The fourth-order valence-electron chi connectivity index (χ4n) is 2.69. The van der Waals surface area contributed by atoms with Crippen molar-refractivity contribution in [1.29, 1.82) is 0 Å². The smallest absolute Gasteiger partial charge is 0.406 e. The van der Waals surface area contributed by atoms with Crippen molar-refractivity contribution in [3.63, 3.8) is 0 Å². The van der Waals surface area contributed by atoms with Crippen LogP contribution in [0, 0.1) is 0 Å². The van der Waals surface area contributed by atoms with Crippen LogP contribution in [-0.4, -0.2) is 38.3 Å². The molecule has 2 aromatic carbocycles. The van der Waals surface area contributed by atoms with E-state index < -0.39 is 34.1 Å². The van der Waals surface area contributed by atoms with Gasteiger partial charge in [-0.1, -0.05) is 30.3 Å². The number of alkyl halides is 3. The van der Waals surface area contributed by atoms with Gasteiger partial charge in [0, 0.05) is 0 Å². The molecule has 0 bridgehead atoms. The summed E-state index contributed by atoms with van der Waals surface area (Å²) in [5.41, 5.74) is 0.852. The SMILES string of the molecule is O=C1C(NS(=O)(=O)c2ccc(OC(F)(F)F)cc2)CCN1OCc1ccccc1. The Balaban J connectivity index is 1.59. The summed E-state index contributed by atoms with van der Waals surface area (Å²) < 4.78 is 67.4. The second-order valence-corrected chi connectivity index (χ2v) is 7.90. The van der Waals surface area contributed by atoms with Gasteiger partial charge in [-0.25, -0.2) is 13.5 Å². The maximum absolute atomic E-state index is 12.4. The van der Waals surface area contributed by atoms with Crippen molar-refractivity contribution in [2.75, 3.05) is 6.54 Å². The van der Waals surface area contributed by atoms with E-state index in [9.17, 15) is 26.4 Å². The van der Waals surface area contributed by atoms with Gasteiger partial charge in [-0.3, -0.25) is 9.63 Å². The monoisotopic (exact) mass is 430 g/mol. The lowest BCUT2D eigenvalue weighted by Gasteiger charge is -2.17. The van der Waals surface area contributed by atoms with Gasteiger partial charge in [0.2, 0.25) is 10.0 Å². The van der Waals surface area contributed by atoms with E-state index in [2.05, 4.69) is 9.46 Å². The van der Waals surface area contributed by atoms with Gasteiger partial charge in [0.05, 0.1) is 11.4 Å². The molecule has 1 heterocycles. The maximum Gasteiger partial charge on any atom is 0.573 e. The predicted octanol–water partition coefficient (Wildman–Crippen LogP) is 2.60. The van der Waals surface area contributed by atoms with Gasteiger partial charge in [0.15, 0.2) is 0 Å². The second-order valence-electron chi connectivity index (χ2n) is 6.18. The average molecular weight is 430 g/mol. The fraction of sp³-hybridized carbons (Fsp3) is 0.278. The number of ether oxygens (including phenoxy) is 1. The number of carbonyl (C=O) groups excluding carboxylic acids is 1. The highest BCUT2D eigenvalue weighted by Gasteiger charge is 2.36. The summed E-state index contributed by atoms with van der Waals surface area (Å²) in [7, 11) is -4.12. The summed E-state index contributed by atoms with van der Waals surface area (Å²) in [6.07, 6.45) is -4.68. The topological polar surface area (TPSA) is 84.9 Å². The molecule has 1 aliphatic heterocycles. The Morgan fingerprint density at radius 1 is 1.07 bits per heavy atom.